The number of thiophene rings is 1. The topological polar surface area (TPSA) is 93.1 Å². The average Bonchev–Trinajstić information content (AvgIpc) is 3.41. The number of sulfonamides is 1. The van der Waals surface area contributed by atoms with Crippen molar-refractivity contribution in [1.82, 2.24) is 14.9 Å². The summed E-state index contributed by atoms with van der Waals surface area (Å²) >= 11 is 1.65. The van der Waals surface area contributed by atoms with E-state index in [9.17, 15) is 13.2 Å². The first kappa shape index (κ1) is 23.0. The molecule has 0 radical (unpaired) electrons. The minimum Gasteiger partial charge on any atom is -0.349 e. The summed E-state index contributed by atoms with van der Waals surface area (Å²) in [5.41, 5.74) is 3.14. The Kier molecular flexibility index (Phi) is 6.80. The van der Waals surface area contributed by atoms with E-state index in [0.717, 1.165) is 19.1 Å². The smallest absolute Gasteiger partial charge is 0.253 e. The molecule has 0 bridgehead atoms. The van der Waals surface area contributed by atoms with Gasteiger partial charge >= 0.3 is 0 Å². The van der Waals surface area contributed by atoms with Crippen LogP contribution in [0.1, 0.15) is 27.7 Å². The molecule has 1 unspecified atom stereocenters. The first-order chi connectivity index (χ1) is 15.8. The van der Waals surface area contributed by atoms with Crippen LogP contribution in [0.4, 0.5) is 5.69 Å². The standard InChI is InChI=1S/C24H26N4O3S2/c1-17(13-20-9-6-12-32-20)26-24(29)21-14-19(27-33(2,30)31)15-22-23(21)28(16-25-22)11-10-18-7-4-3-5-8-18/h3-9,12,14-17,27H,10-11,13H2,1-2H3,(H,26,29). The van der Waals surface area contributed by atoms with Gasteiger partial charge in [0.05, 0.1) is 34.9 Å². The second kappa shape index (κ2) is 9.76. The number of carbonyl (C=O) groups excluding carboxylic acids is 1. The van der Waals surface area contributed by atoms with Gasteiger partial charge in [-0.25, -0.2) is 13.4 Å². The molecule has 2 N–H and O–H groups in total. The van der Waals surface area contributed by atoms with Crippen molar-refractivity contribution < 1.29 is 13.2 Å². The fourth-order valence-corrected chi connectivity index (χ4v) is 5.18. The van der Waals surface area contributed by atoms with Crippen molar-refractivity contribution in [2.75, 3.05) is 11.0 Å². The number of aryl methyl sites for hydroxylation is 2. The Hall–Kier alpha value is -3.17. The third-order valence-electron chi connectivity index (χ3n) is 5.21. The predicted molar refractivity (Wildman–Crippen MR) is 133 cm³/mol. The molecule has 172 valence electrons. The Morgan fingerprint density at radius 1 is 1.15 bits per heavy atom. The lowest BCUT2D eigenvalue weighted by atomic mass is 10.1. The Morgan fingerprint density at radius 2 is 1.94 bits per heavy atom. The molecule has 1 atom stereocenters. The third kappa shape index (κ3) is 6.00. The molecule has 0 spiro atoms. The summed E-state index contributed by atoms with van der Waals surface area (Å²) in [5.74, 6) is -0.261. The molecule has 0 aliphatic heterocycles. The molecule has 4 rings (SSSR count). The molecule has 7 nitrogen and oxygen atoms in total. The molecule has 9 heteroatoms. The van der Waals surface area contributed by atoms with Crippen molar-refractivity contribution in [2.24, 2.45) is 0 Å². The highest BCUT2D eigenvalue weighted by molar-refractivity contribution is 7.92. The minimum absolute atomic E-state index is 0.0848. The summed E-state index contributed by atoms with van der Waals surface area (Å²) in [7, 11) is -3.50. The molecule has 0 saturated heterocycles. The number of carbonyl (C=O) groups is 1. The number of nitrogens with zero attached hydrogens (tertiary/aromatic N) is 2. The number of anilines is 1. The lowest BCUT2D eigenvalue weighted by Gasteiger charge is -2.16. The number of nitrogens with one attached hydrogen (secondary N) is 2. The number of hydrogen-bond acceptors (Lipinski definition) is 5. The van der Waals surface area contributed by atoms with E-state index in [4.69, 9.17) is 0 Å². The van der Waals surface area contributed by atoms with E-state index in [1.54, 1.807) is 29.8 Å². The van der Waals surface area contributed by atoms with E-state index in [1.165, 1.54) is 10.4 Å². The van der Waals surface area contributed by atoms with E-state index in [1.807, 2.05) is 47.2 Å². The molecular formula is C24H26N4O3S2. The van der Waals surface area contributed by atoms with Crippen molar-refractivity contribution in [3.05, 3.63) is 82.3 Å². The van der Waals surface area contributed by atoms with Gasteiger partial charge in [-0.1, -0.05) is 36.4 Å². The van der Waals surface area contributed by atoms with Crippen LogP contribution < -0.4 is 10.0 Å². The Balaban J connectivity index is 1.65. The summed E-state index contributed by atoms with van der Waals surface area (Å²) < 4.78 is 28.0. The highest BCUT2D eigenvalue weighted by Crippen LogP contribution is 2.25. The van der Waals surface area contributed by atoms with Crippen LogP contribution in [0.2, 0.25) is 0 Å². The predicted octanol–water partition coefficient (Wildman–Crippen LogP) is 4.07. The van der Waals surface area contributed by atoms with Gasteiger partial charge in [-0.05, 0) is 42.5 Å². The number of aromatic nitrogens is 2. The zero-order valence-corrected chi connectivity index (χ0v) is 20.1. The summed E-state index contributed by atoms with van der Waals surface area (Å²) in [6.07, 6.45) is 4.29. The maximum absolute atomic E-state index is 13.3. The Labute approximate surface area is 197 Å². The molecule has 0 aliphatic carbocycles. The van der Waals surface area contributed by atoms with Crippen molar-refractivity contribution in [3.63, 3.8) is 0 Å². The van der Waals surface area contributed by atoms with Gasteiger partial charge in [0.25, 0.3) is 5.91 Å². The maximum Gasteiger partial charge on any atom is 0.253 e. The molecule has 33 heavy (non-hydrogen) atoms. The highest BCUT2D eigenvalue weighted by atomic mass is 32.2. The van der Waals surface area contributed by atoms with Crippen LogP contribution in [0.25, 0.3) is 11.0 Å². The first-order valence-electron chi connectivity index (χ1n) is 10.6. The van der Waals surface area contributed by atoms with E-state index >= 15 is 0 Å². The van der Waals surface area contributed by atoms with Crippen molar-refractivity contribution in [1.29, 1.82) is 0 Å². The van der Waals surface area contributed by atoms with Gasteiger partial charge in [0.2, 0.25) is 10.0 Å². The second-order valence-corrected chi connectivity index (χ2v) is 10.9. The van der Waals surface area contributed by atoms with Crippen molar-refractivity contribution in [2.45, 2.75) is 32.4 Å². The van der Waals surface area contributed by atoms with Crippen LogP contribution in [0, 0.1) is 0 Å². The number of imidazole rings is 1. The molecule has 0 saturated carbocycles. The molecule has 4 aromatic rings. The molecule has 1 amide bonds. The monoisotopic (exact) mass is 482 g/mol. The molecular weight excluding hydrogens is 456 g/mol. The zero-order chi connectivity index (χ0) is 23.4. The Bertz CT molecular complexity index is 1350. The van der Waals surface area contributed by atoms with E-state index in [-0.39, 0.29) is 11.9 Å². The number of benzene rings is 2. The lowest BCUT2D eigenvalue weighted by molar-refractivity contribution is 0.0941. The third-order valence-corrected chi connectivity index (χ3v) is 6.72. The van der Waals surface area contributed by atoms with Gasteiger partial charge < -0.3 is 9.88 Å². The van der Waals surface area contributed by atoms with Crippen molar-refractivity contribution >= 4 is 44.0 Å². The molecule has 0 fully saturated rings. The van der Waals surface area contributed by atoms with Gasteiger partial charge in [-0.15, -0.1) is 11.3 Å². The quantitative estimate of drug-likeness (QED) is 0.376. The van der Waals surface area contributed by atoms with Crippen LogP contribution in [0.15, 0.2) is 66.3 Å². The molecule has 2 aromatic carbocycles. The SMILES string of the molecule is CC(Cc1cccs1)NC(=O)c1cc(NS(C)(=O)=O)cc2ncn(CCc3ccccc3)c12. The summed E-state index contributed by atoms with van der Waals surface area (Å²) in [4.78, 5) is 19.0. The normalized spacial score (nSPS) is 12.5. The van der Waals surface area contributed by atoms with Crippen LogP contribution in [-0.2, 0) is 29.4 Å². The maximum atomic E-state index is 13.3. The van der Waals surface area contributed by atoms with E-state index in [0.29, 0.717) is 28.8 Å². The van der Waals surface area contributed by atoms with Crippen LogP contribution in [0.3, 0.4) is 0 Å². The van der Waals surface area contributed by atoms with Crippen molar-refractivity contribution in [3.8, 4) is 0 Å². The first-order valence-corrected chi connectivity index (χ1v) is 13.4. The zero-order valence-electron chi connectivity index (χ0n) is 18.5. The fraction of sp³-hybridized carbons (Fsp3) is 0.250. The lowest BCUT2D eigenvalue weighted by Crippen LogP contribution is -2.34. The molecule has 0 aliphatic rings. The highest BCUT2D eigenvalue weighted by Gasteiger charge is 2.19. The number of amides is 1. The minimum atomic E-state index is -3.50. The number of rotatable bonds is 9. The van der Waals surface area contributed by atoms with E-state index < -0.39 is 10.0 Å². The second-order valence-electron chi connectivity index (χ2n) is 8.10. The van der Waals surface area contributed by atoms with Gasteiger partial charge in [-0.3, -0.25) is 9.52 Å². The Morgan fingerprint density at radius 3 is 2.64 bits per heavy atom. The van der Waals surface area contributed by atoms with Gasteiger partial charge in [0.1, 0.15) is 0 Å². The number of fused-ring (bicyclic) bond motifs is 1. The summed E-state index contributed by atoms with van der Waals surface area (Å²) in [6, 6.07) is 17.3. The van der Waals surface area contributed by atoms with E-state index in [2.05, 4.69) is 27.2 Å². The van der Waals surface area contributed by atoms with Crippen LogP contribution >= 0.6 is 11.3 Å². The summed E-state index contributed by atoms with van der Waals surface area (Å²) in [5, 5.41) is 5.07. The van der Waals surface area contributed by atoms with Crippen LogP contribution in [-0.4, -0.2) is 36.2 Å². The van der Waals surface area contributed by atoms with Gasteiger partial charge in [0.15, 0.2) is 0 Å². The van der Waals surface area contributed by atoms with Gasteiger partial charge in [0, 0.05) is 23.9 Å². The van der Waals surface area contributed by atoms with Crippen LogP contribution in [0.5, 0.6) is 0 Å². The molecule has 2 heterocycles. The summed E-state index contributed by atoms with van der Waals surface area (Å²) in [6.45, 7) is 2.60. The average molecular weight is 483 g/mol. The number of hydrogen-bond donors (Lipinski definition) is 2. The van der Waals surface area contributed by atoms with Gasteiger partial charge in [-0.2, -0.15) is 0 Å². The molecule has 2 aromatic heterocycles. The fourth-order valence-electron chi connectivity index (χ4n) is 3.80. The largest absolute Gasteiger partial charge is 0.349 e.